The number of anilines is 1. The molecule has 136 valence electrons. The van der Waals surface area contributed by atoms with Crippen molar-refractivity contribution in [3.05, 3.63) is 75.6 Å². The summed E-state index contributed by atoms with van der Waals surface area (Å²) in [6.45, 7) is 0.0803. The molecule has 8 nitrogen and oxygen atoms in total. The molecule has 0 fully saturated rings. The van der Waals surface area contributed by atoms with Gasteiger partial charge in [-0.05, 0) is 22.3 Å². The van der Waals surface area contributed by atoms with Crippen LogP contribution in [0.15, 0.2) is 53.3 Å². The van der Waals surface area contributed by atoms with Crippen LogP contribution >= 0.6 is 0 Å². The summed E-state index contributed by atoms with van der Waals surface area (Å²) in [6.07, 6.45) is -0.852. The first-order valence-electron chi connectivity index (χ1n) is 8.22. The summed E-state index contributed by atoms with van der Waals surface area (Å²) in [5.74, 6) is -1.82. The quantitative estimate of drug-likeness (QED) is 0.566. The standard InChI is InChI=1S/C19H15N3O5/c23-17-15(18(24)25)16(21-22-17)20-19(26)27-9-14-12-7-3-1-5-10(12)11-6-2-4-8-13(11)14/h1-8,14H,9H2,(H,24,25)(H3,20,21,22,23,26). The van der Waals surface area contributed by atoms with Crippen LogP contribution in [0.5, 0.6) is 0 Å². The molecule has 0 radical (unpaired) electrons. The summed E-state index contributed by atoms with van der Waals surface area (Å²) in [7, 11) is 0. The van der Waals surface area contributed by atoms with Crippen LogP contribution in [0.25, 0.3) is 11.1 Å². The number of aromatic carboxylic acids is 1. The van der Waals surface area contributed by atoms with Gasteiger partial charge in [-0.1, -0.05) is 48.5 Å². The number of carboxylic acid groups (broad SMARTS) is 1. The molecule has 8 heteroatoms. The Kier molecular flexibility index (Phi) is 4.00. The van der Waals surface area contributed by atoms with Gasteiger partial charge in [-0.25, -0.2) is 9.59 Å². The lowest BCUT2D eigenvalue weighted by Gasteiger charge is -2.14. The molecule has 3 aromatic rings. The van der Waals surface area contributed by atoms with E-state index in [1.54, 1.807) is 0 Å². The van der Waals surface area contributed by atoms with Crippen molar-refractivity contribution in [3.63, 3.8) is 0 Å². The number of fused-ring (bicyclic) bond motifs is 3. The van der Waals surface area contributed by atoms with Gasteiger partial charge in [0.2, 0.25) is 0 Å². The normalized spacial score (nSPS) is 12.3. The van der Waals surface area contributed by atoms with E-state index in [0.717, 1.165) is 22.3 Å². The second-order valence-electron chi connectivity index (χ2n) is 6.08. The number of hydrogen-bond donors (Lipinski definition) is 4. The van der Waals surface area contributed by atoms with E-state index in [0.29, 0.717) is 0 Å². The van der Waals surface area contributed by atoms with Crippen LogP contribution in [-0.2, 0) is 4.74 Å². The van der Waals surface area contributed by atoms with Crippen molar-refractivity contribution in [2.75, 3.05) is 11.9 Å². The monoisotopic (exact) mass is 365 g/mol. The van der Waals surface area contributed by atoms with Crippen LogP contribution in [0.4, 0.5) is 10.6 Å². The molecule has 0 bridgehead atoms. The van der Waals surface area contributed by atoms with Crippen molar-refractivity contribution in [1.82, 2.24) is 10.2 Å². The molecule has 1 amide bonds. The molecule has 4 N–H and O–H groups in total. The summed E-state index contributed by atoms with van der Waals surface area (Å²) in [4.78, 5) is 34.7. The van der Waals surface area contributed by atoms with E-state index in [1.165, 1.54) is 0 Å². The Morgan fingerprint density at radius 2 is 1.59 bits per heavy atom. The molecule has 1 aliphatic carbocycles. The van der Waals surface area contributed by atoms with E-state index < -0.39 is 23.2 Å². The molecule has 1 aromatic heterocycles. The topological polar surface area (TPSA) is 124 Å². The summed E-state index contributed by atoms with van der Waals surface area (Å²) >= 11 is 0. The molecule has 0 aliphatic heterocycles. The van der Waals surface area contributed by atoms with Crippen LogP contribution in [0.1, 0.15) is 27.4 Å². The van der Waals surface area contributed by atoms with E-state index in [-0.39, 0.29) is 18.3 Å². The maximum absolute atomic E-state index is 12.1. The maximum atomic E-state index is 12.1. The van der Waals surface area contributed by atoms with E-state index in [2.05, 4.69) is 15.5 Å². The summed E-state index contributed by atoms with van der Waals surface area (Å²) < 4.78 is 5.31. The highest BCUT2D eigenvalue weighted by atomic mass is 16.5. The van der Waals surface area contributed by atoms with Gasteiger partial charge in [0.05, 0.1) is 0 Å². The Balaban J connectivity index is 1.52. The van der Waals surface area contributed by atoms with Gasteiger partial charge in [-0.3, -0.25) is 20.3 Å². The lowest BCUT2D eigenvalue weighted by molar-refractivity contribution is 0.0696. The summed E-state index contributed by atoms with van der Waals surface area (Å²) in [5.41, 5.74) is 2.91. The second-order valence-corrected chi connectivity index (χ2v) is 6.08. The van der Waals surface area contributed by atoms with Crippen LogP contribution in [-0.4, -0.2) is 34.0 Å². The van der Waals surface area contributed by atoms with Crippen LogP contribution in [0, 0.1) is 0 Å². The van der Waals surface area contributed by atoms with Crippen molar-refractivity contribution in [2.45, 2.75) is 5.92 Å². The highest BCUT2D eigenvalue weighted by molar-refractivity contribution is 5.97. The Morgan fingerprint density at radius 3 is 2.19 bits per heavy atom. The third kappa shape index (κ3) is 2.86. The molecule has 0 atom stereocenters. The SMILES string of the molecule is O=C(Nc1[nH][nH]c(=O)c1C(=O)O)OCC1c2ccccc2-c2ccccc21. The van der Waals surface area contributed by atoms with Crippen LogP contribution < -0.4 is 10.9 Å². The van der Waals surface area contributed by atoms with Crippen molar-refractivity contribution >= 4 is 17.9 Å². The molecule has 0 saturated heterocycles. The van der Waals surface area contributed by atoms with Gasteiger partial charge in [0.15, 0.2) is 5.56 Å². The number of aromatic nitrogens is 2. The number of hydrogen-bond acceptors (Lipinski definition) is 4. The number of carboxylic acids is 1. The minimum absolute atomic E-state index is 0.0803. The van der Waals surface area contributed by atoms with Gasteiger partial charge < -0.3 is 9.84 Å². The van der Waals surface area contributed by atoms with Crippen LogP contribution in [0.3, 0.4) is 0 Å². The zero-order chi connectivity index (χ0) is 19.0. The Labute approximate surface area is 152 Å². The predicted octanol–water partition coefficient (Wildman–Crippen LogP) is 2.76. The Morgan fingerprint density at radius 1 is 1.00 bits per heavy atom. The number of carbonyl (C=O) groups excluding carboxylic acids is 1. The average Bonchev–Trinajstić information content (AvgIpc) is 3.18. The summed E-state index contributed by atoms with van der Waals surface area (Å²) in [5, 5.41) is 15.7. The molecule has 1 aliphatic rings. The lowest BCUT2D eigenvalue weighted by Crippen LogP contribution is -2.20. The fourth-order valence-corrected chi connectivity index (χ4v) is 3.39. The minimum atomic E-state index is -1.45. The first kappa shape index (κ1) is 16.6. The van der Waals surface area contributed by atoms with Gasteiger partial charge in [0.1, 0.15) is 12.4 Å². The smallest absolute Gasteiger partial charge is 0.412 e. The zero-order valence-electron chi connectivity index (χ0n) is 14.0. The lowest BCUT2D eigenvalue weighted by atomic mass is 9.98. The molecular formula is C19H15N3O5. The average molecular weight is 365 g/mol. The maximum Gasteiger partial charge on any atom is 0.412 e. The highest BCUT2D eigenvalue weighted by Gasteiger charge is 2.29. The largest absolute Gasteiger partial charge is 0.477 e. The second kappa shape index (κ2) is 6.49. The van der Waals surface area contributed by atoms with Gasteiger partial charge in [0.25, 0.3) is 5.56 Å². The van der Waals surface area contributed by atoms with Crippen molar-refractivity contribution in [1.29, 1.82) is 0 Å². The van der Waals surface area contributed by atoms with E-state index in [9.17, 15) is 14.4 Å². The number of benzene rings is 2. The van der Waals surface area contributed by atoms with Crippen molar-refractivity contribution in [3.8, 4) is 11.1 Å². The van der Waals surface area contributed by atoms with E-state index in [1.807, 2.05) is 48.5 Å². The predicted molar refractivity (Wildman–Crippen MR) is 97.1 cm³/mol. The number of nitrogens with one attached hydrogen (secondary N) is 3. The zero-order valence-corrected chi connectivity index (χ0v) is 14.0. The molecule has 0 saturated carbocycles. The first-order chi connectivity index (χ1) is 13.1. The first-order valence-corrected chi connectivity index (χ1v) is 8.22. The van der Waals surface area contributed by atoms with Gasteiger partial charge in [0, 0.05) is 5.92 Å². The van der Waals surface area contributed by atoms with Gasteiger partial charge in [-0.2, -0.15) is 0 Å². The number of carbonyl (C=O) groups is 2. The number of rotatable bonds is 4. The van der Waals surface area contributed by atoms with E-state index >= 15 is 0 Å². The fraction of sp³-hybridized carbons (Fsp3) is 0.105. The molecule has 2 aromatic carbocycles. The number of ether oxygens (including phenoxy) is 1. The fourth-order valence-electron chi connectivity index (χ4n) is 3.39. The minimum Gasteiger partial charge on any atom is -0.477 e. The Hall–Kier alpha value is -3.81. The molecular weight excluding hydrogens is 350 g/mol. The van der Waals surface area contributed by atoms with Crippen LogP contribution in [0.2, 0.25) is 0 Å². The molecule has 0 spiro atoms. The number of H-pyrrole nitrogens is 2. The molecule has 1 heterocycles. The van der Waals surface area contributed by atoms with Gasteiger partial charge >= 0.3 is 12.1 Å². The van der Waals surface area contributed by atoms with Crippen molar-refractivity contribution in [2.24, 2.45) is 0 Å². The third-order valence-corrected chi connectivity index (χ3v) is 4.56. The number of aromatic amines is 2. The molecule has 0 unspecified atom stereocenters. The Bertz CT molecular complexity index is 1050. The van der Waals surface area contributed by atoms with Crippen molar-refractivity contribution < 1.29 is 19.4 Å². The highest BCUT2D eigenvalue weighted by Crippen LogP contribution is 2.44. The van der Waals surface area contributed by atoms with Gasteiger partial charge in [-0.15, -0.1) is 0 Å². The third-order valence-electron chi connectivity index (χ3n) is 4.56. The van der Waals surface area contributed by atoms with E-state index in [4.69, 9.17) is 9.84 Å². The number of amides is 1. The molecule has 4 rings (SSSR count). The molecule has 27 heavy (non-hydrogen) atoms. The summed E-state index contributed by atoms with van der Waals surface area (Å²) in [6, 6.07) is 15.8.